The Morgan fingerprint density at radius 1 is 1.10 bits per heavy atom. The second-order valence-electron chi connectivity index (χ2n) is 4.38. The van der Waals surface area contributed by atoms with Gasteiger partial charge in [0.1, 0.15) is 5.75 Å². The van der Waals surface area contributed by atoms with E-state index in [0.717, 1.165) is 0 Å². The minimum Gasteiger partial charge on any atom is -0.496 e. The molecular weight excluding hydrogens is 270 g/mol. The molecule has 1 amide bonds. The Hall–Kier alpha value is -2.82. The van der Waals surface area contributed by atoms with E-state index in [1.165, 1.54) is 7.11 Å². The quantitative estimate of drug-likeness (QED) is 0.885. The van der Waals surface area contributed by atoms with E-state index < -0.39 is 5.97 Å². The maximum Gasteiger partial charge on any atom is 0.307 e. The Morgan fingerprint density at radius 2 is 1.76 bits per heavy atom. The number of hydrogen-bond acceptors (Lipinski definition) is 3. The fourth-order valence-corrected chi connectivity index (χ4v) is 1.98. The Balaban J connectivity index is 2.26. The Morgan fingerprint density at radius 3 is 2.48 bits per heavy atom. The van der Waals surface area contributed by atoms with Gasteiger partial charge in [0, 0.05) is 5.69 Å². The lowest BCUT2D eigenvalue weighted by Gasteiger charge is -2.11. The molecule has 0 saturated carbocycles. The number of carbonyl (C=O) groups excluding carboxylic acids is 1. The maximum atomic E-state index is 12.3. The summed E-state index contributed by atoms with van der Waals surface area (Å²) < 4.78 is 5.14. The summed E-state index contributed by atoms with van der Waals surface area (Å²) in [5, 5.41) is 11.6. The fraction of sp³-hybridized carbons (Fsp3) is 0.125. The summed E-state index contributed by atoms with van der Waals surface area (Å²) in [5.41, 5.74) is 1.43. The van der Waals surface area contributed by atoms with Gasteiger partial charge in [-0.2, -0.15) is 0 Å². The molecule has 0 aliphatic heterocycles. The molecule has 2 aromatic carbocycles. The number of carbonyl (C=O) groups is 2. The highest BCUT2D eigenvalue weighted by atomic mass is 16.5. The van der Waals surface area contributed by atoms with Crippen molar-refractivity contribution in [3.63, 3.8) is 0 Å². The van der Waals surface area contributed by atoms with Gasteiger partial charge in [-0.3, -0.25) is 9.59 Å². The Kier molecular flexibility index (Phi) is 4.56. The molecule has 0 aliphatic carbocycles. The van der Waals surface area contributed by atoms with Crippen LogP contribution in [0.25, 0.3) is 0 Å². The van der Waals surface area contributed by atoms with Gasteiger partial charge in [0.05, 0.1) is 19.1 Å². The Bertz CT molecular complexity index is 667. The number of methoxy groups -OCH3 is 1. The number of nitrogens with one attached hydrogen (secondary N) is 1. The van der Waals surface area contributed by atoms with E-state index in [9.17, 15) is 9.59 Å². The van der Waals surface area contributed by atoms with Gasteiger partial charge in [-0.25, -0.2) is 0 Å². The van der Waals surface area contributed by atoms with Crippen molar-refractivity contribution in [2.75, 3.05) is 12.4 Å². The predicted molar refractivity (Wildman–Crippen MR) is 78.7 cm³/mol. The van der Waals surface area contributed by atoms with Crippen LogP contribution < -0.4 is 10.1 Å². The summed E-state index contributed by atoms with van der Waals surface area (Å²) in [4.78, 5) is 23.1. The summed E-state index contributed by atoms with van der Waals surface area (Å²) in [6.07, 6.45) is -0.150. The smallest absolute Gasteiger partial charge is 0.307 e. The van der Waals surface area contributed by atoms with E-state index in [1.807, 2.05) is 0 Å². The minimum atomic E-state index is -0.950. The average Bonchev–Trinajstić information content (AvgIpc) is 2.48. The zero-order valence-corrected chi connectivity index (χ0v) is 11.5. The van der Waals surface area contributed by atoms with Crippen LogP contribution in [-0.4, -0.2) is 24.1 Å². The summed E-state index contributed by atoms with van der Waals surface area (Å²) in [6, 6.07) is 13.7. The number of para-hydroxylation sites is 2. The van der Waals surface area contributed by atoms with Crippen LogP contribution in [0.4, 0.5) is 5.69 Å². The lowest BCUT2D eigenvalue weighted by molar-refractivity contribution is -0.136. The van der Waals surface area contributed by atoms with Crippen LogP contribution in [-0.2, 0) is 11.2 Å². The van der Waals surface area contributed by atoms with Crippen molar-refractivity contribution in [1.82, 2.24) is 0 Å². The number of benzene rings is 2. The number of rotatable bonds is 5. The van der Waals surface area contributed by atoms with Crippen LogP contribution in [0, 0.1) is 0 Å². The molecule has 0 unspecified atom stereocenters. The van der Waals surface area contributed by atoms with Crippen molar-refractivity contribution in [3.05, 3.63) is 59.7 Å². The fourth-order valence-electron chi connectivity index (χ4n) is 1.98. The standard InChI is InChI=1S/C16H15NO4/c1-21-14-9-5-3-7-12(14)16(20)17-13-8-4-2-6-11(13)10-15(18)19/h2-9H,10H2,1H3,(H,17,20)(H,18,19). The summed E-state index contributed by atoms with van der Waals surface area (Å²) in [5.74, 6) is -0.829. The number of anilines is 1. The summed E-state index contributed by atoms with van der Waals surface area (Å²) in [7, 11) is 1.49. The molecule has 2 N–H and O–H groups in total. The molecule has 0 radical (unpaired) electrons. The molecule has 2 aromatic rings. The van der Waals surface area contributed by atoms with Crippen LogP contribution in [0.1, 0.15) is 15.9 Å². The molecule has 0 aliphatic rings. The van der Waals surface area contributed by atoms with Crippen molar-refractivity contribution >= 4 is 17.6 Å². The molecule has 21 heavy (non-hydrogen) atoms. The lowest BCUT2D eigenvalue weighted by Crippen LogP contribution is -2.15. The molecule has 0 bridgehead atoms. The SMILES string of the molecule is COc1ccccc1C(=O)Nc1ccccc1CC(=O)O. The molecule has 0 atom stereocenters. The van der Waals surface area contributed by atoms with Gasteiger partial charge in [0.15, 0.2) is 0 Å². The first-order chi connectivity index (χ1) is 10.1. The van der Waals surface area contributed by atoms with Crippen LogP contribution in [0.15, 0.2) is 48.5 Å². The summed E-state index contributed by atoms with van der Waals surface area (Å²) >= 11 is 0. The largest absolute Gasteiger partial charge is 0.496 e. The molecule has 2 rings (SSSR count). The predicted octanol–water partition coefficient (Wildman–Crippen LogP) is 2.57. The highest BCUT2D eigenvalue weighted by molar-refractivity contribution is 6.06. The van der Waals surface area contributed by atoms with E-state index in [4.69, 9.17) is 9.84 Å². The number of hydrogen-bond donors (Lipinski definition) is 2. The molecule has 0 aromatic heterocycles. The Labute approximate surface area is 122 Å². The highest BCUT2D eigenvalue weighted by Gasteiger charge is 2.14. The van der Waals surface area contributed by atoms with Crippen LogP contribution in [0.5, 0.6) is 5.75 Å². The molecule has 0 fully saturated rings. The van der Waals surface area contributed by atoms with E-state index in [0.29, 0.717) is 22.6 Å². The third-order valence-corrected chi connectivity index (χ3v) is 2.96. The van der Waals surface area contributed by atoms with Crippen LogP contribution in [0.2, 0.25) is 0 Å². The molecular formula is C16H15NO4. The third kappa shape index (κ3) is 3.60. The number of aliphatic carboxylic acids is 1. The van der Waals surface area contributed by atoms with E-state index in [-0.39, 0.29) is 12.3 Å². The van der Waals surface area contributed by atoms with Gasteiger partial charge in [-0.15, -0.1) is 0 Å². The van der Waals surface area contributed by atoms with Gasteiger partial charge in [0.2, 0.25) is 0 Å². The minimum absolute atomic E-state index is 0.150. The highest BCUT2D eigenvalue weighted by Crippen LogP contribution is 2.21. The summed E-state index contributed by atoms with van der Waals surface area (Å²) in [6.45, 7) is 0. The van der Waals surface area contributed by atoms with E-state index in [2.05, 4.69) is 5.32 Å². The van der Waals surface area contributed by atoms with Crippen molar-refractivity contribution in [2.45, 2.75) is 6.42 Å². The van der Waals surface area contributed by atoms with Crippen LogP contribution in [0.3, 0.4) is 0 Å². The molecule has 0 saturated heterocycles. The van der Waals surface area contributed by atoms with Gasteiger partial charge in [0.25, 0.3) is 5.91 Å². The number of ether oxygens (including phenoxy) is 1. The first-order valence-electron chi connectivity index (χ1n) is 6.36. The lowest BCUT2D eigenvalue weighted by atomic mass is 10.1. The molecule has 5 heteroatoms. The second kappa shape index (κ2) is 6.56. The van der Waals surface area contributed by atoms with Crippen LogP contribution >= 0.6 is 0 Å². The topological polar surface area (TPSA) is 75.6 Å². The second-order valence-corrected chi connectivity index (χ2v) is 4.38. The van der Waals surface area contributed by atoms with Crippen molar-refractivity contribution in [2.24, 2.45) is 0 Å². The maximum absolute atomic E-state index is 12.3. The molecule has 0 heterocycles. The van der Waals surface area contributed by atoms with Gasteiger partial charge < -0.3 is 15.2 Å². The van der Waals surface area contributed by atoms with E-state index >= 15 is 0 Å². The van der Waals surface area contributed by atoms with Gasteiger partial charge >= 0.3 is 5.97 Å². The van der Waals surface area contributed by atoms with Crippen molar-refractivity contribution in [3.8, 4) is 5.75 Å². The van der Waals surface area contributed by atoms with Gasteiger partial charge in [-0.05, 0) is 23.8 Å². The number of carboxylic acids is 1. The van der Waals surface area contributed by atoms with Crippen molar-refractivity contribution < 1.29 is 19.4 Å². The van der Waals surface area contributed by atoms with E-state index in [1.54, 1.807) is 48.5 Å². The van der Waals surface area contributed by atoms with Gasteiger partial charge in [-0.1, -0.05) is 30.3 Å². The first kappa shape index (κ1) is 14.6. The number of amides is 1. The zero-order valence-electron chi connectivity index (χ0n) is 11.5. The number of carboxylic acid groups (broad SMARTS) is 1. The molecule has 5 nitrogen and oxygen atoms in total. The third-order valence-electron chi connectivity index (χ3n) is 2.96. The molecule has 108 valence electrons. The molecule has 0 spiro atoms. The first-order valence-corrected chi connectivity index (χ1v) is 6.36. The zero-order chi connectivity index (χ0) is 15.2. The van der Waals surface area contributed by atoms with Crippen molar-refractivity contribution in [1.29, 1.82) is 0 Å². The average molecular weight is 285 g/mol. The normalized spacial score (nSPS) is 9.95. The monoisotopic (exact) mass is 285 g/mol.